The van der Waals surface area contributed by atoms with E-state index >= 15 is 0 Å². The lowest BCUT2D eigenvalue weighted by atomic mass is 10.2. The molecular weight excluding hydrogens is 282 g/mol. The van der Waals surface area contributed by atoms with Crippen LogP contribution in [0.25, 0.3) is 10.9 Å². The third-order valence-corrected chi connectivity index (χ3v) is 3.16. The molecule has 0 unspecified atom stereocenters. The fourth-order valence-corrected chi connectivity index (χ4v) is 2.32. The highest BCUT2D eigenvalue weighted by atomic mass is 16.6. The minimum Gasteiger partial charge on any atom is -0.468 e. The molecule has 1 aromatic carbocycles. The number of hydrogen-bond donors (Lipinski definition) is 0. The maximum absolute atomic E-state index is 12.1. The number of ether oxygens (including phenoxy) is 2. The van der Waals surface area contributed by atoms with Gasteiger partial charge in [0.05, 0.1) is 13.5 Å². The van der Waals surface area contributed by atoms with Gasteiger partial charge in [-0.15, -0.1) is 0 Å². The summed E-state index contributed by atoms with van der Waals surface area (Å²) in [7, 11) is 1.35. The standard InChI is InChI=1S/C17H21NO4/c1-17(2,3)22-15(19)10-13-9-12-7-5-6-8-14(12)18(13)11-16(20)21-4/h5-9H,10-11H2,1-4H3. The van der Waals surface area contributed by atoms with Gasteiger partial charge < -0.3 is 14.0 Å². The molecule has 118 valence electrons. The maximum atomic E-state index is 12.1. The molecule has 5 heteroatoms. The highest BCUT2D eigenvalue weighted by Gasteiger charge is 2.20. The number of nitrogens with zero attached hydrogens (tertiary/aromatic N) is 1. The number of para-hydroxylation sites is 1. The Balaban J connectivity index is 2.33. The summed E-state index contributed by atoms with van der Waals surface area (Å²) in [5, 5.41) is 0.977. The molecule has 0 amide bonds. The Kier molecular flexibility index (Phi) is 4.54. The Morgan fingerprint density at radius 1 is 1.14 bits per heavy atom. The zero-order valence-corrected chi connectivity index (χ0v) is 13.4. The number of aromatic nitrogens is 1. The van der Waals surface area contributed by atoms with E-state index in [4.69, 9.17) is 9.47 Å². The zero-order valence-electron chi connectivity index (χ0n) is 13.4. The van der Waals surface area contributed by atoms with E-state index in [0.717, 1.165) is 16.6 Å². The van der Waals surface area contributed by atoms with Crippen molar-refractivity contribution in [2.24, 2.45) is 0 Å². The summed E-state index contributed by atoms with van der Waals surface area (Å²) in [6.45, 7) is 5.56. The molecular formula is C17H21NO4. The summed E-state index contributed by atoms with van der Waals surface area (Å²) in [5.74, 6) is -0.673. The van der Waals surface area contributed by atoms with Crippen LogP contribution in [-0.2, 0) is 32.0 Å². The Hall–Kier alpha value is -2.30. The molecule has 2 rings (SSSR count). The Bertz CT molecular complexity index is 694. The molecule has 22 heavy (non-hydrogen) atoms. The first-order chi connectivity index (χ1) is 10.3. The second kappa shape index (κ2) is 6.22. The predicted molar refractivity (Wildman–Crippen MR) is 83.5 cm³/mol. The molecule has 0 fully saturated rings. The molecule has 1 aromatic heterocycles. The van der Waals surface area contributed by atoms with Gasteiger partial charge in [0.1, 0.15) is 12.1 Å². The van der Waals surface area contributed by atoms with Crippen molar-refractivity contribution in [3.8, 4) is 0 Å². The predicted octanol–water partition coefficient (Wildman–Crippen LogP) is 2.70. The van der Waals surface area contributed by atoms with Crippen LogP contribution in [0, 0.1) is 0 Å². The van der Waals surface area contributed by atoms with Gasteiger partial charge in [0.2, 0.25) is 0 Å². The summed E-state index contributed by atoms with van der Waals surface area (Å²) >= 11 is 0. The van der Waals surface area contributed by atoms with Crippen LogP contribution in [0.2, 0.25) is 0 Å². The van der Waals surface area contributed by atoms with Crippen molar-refractivity contribution in [1.29, 1.82) is 0 Å². The number of fused-ring (bicyclic) bond motifs is 1. The Morgan fingerprint density at radius 2 is 1.82 bits per heavy atom. The van der Waals surface area contributed by atoms with Crippen LogP contribution < -0.4 is 0 Å². The van der Waals surface area contributed by atoms with Gasteiger partial charge in [-0.3, -0.25) is 9.59 Å². The van der Waals surface area contributed by atoms with Crippen molar-refractivity contribution in [2.75, 3.05) is 7.11 Å². The molecule has 2 aromatic rings. The highest BCUT2D eigenvalue weighted by molar-refractivity contribution is 5.85. The van der Waals surface area contributed by atoms with Crippen LogP contribution in [0.1, 0.15) is 26.5 Å². The average Bonchev–Trinajstić information content (AvgIpc) is 2.74. The van der Waals surface area contributed by atoms with E-state index in [9.17, 15) is 9.59 Å². The molecule has 1 heterocycles. The zero-order chi connectivity index (χ0) is 16.3. The number of carbonyl (C=O) groups is 2. The first kappa shape index (κ1) is 16.1. The molecule has 0 radical (unpaired) electrons. The third-order valence-electron chi connectivity index (χ3n) is 3.16. The van der Waals surface area contributed by atoms with E-state index in [2.05, 4.69) is 0 Å². The van der Waals surface area contributed by atoms with Gasteiger partial charge in [0.15, 0.2) is 0 Å². The van der Waals surface area contributed by atoms with E-state index < -0.39 is 5.60 Å². The van der Waals surface area contributed by atoms with Crippen LogP contribution in [-0.4, -0.2) is 29.2 Å². The van der Waals surface area contributed by atoms with E-state index in [1.54, 1.807) is 4.57 Å². The van der Waals surface area contributed by atoms with Gasteiger partial charge in [-0.05, 0) is 38.3 Å². The van der Waals surface area contributed by atoms with Crippen molar-refractivity contribution >= 4 is 22.8 Å². The topological polar surface area (TPSA) is 57.5 Å². The summed E-state index contributed by atoms with van der Waals surface area (Å²) < 4.78 is 11.9. The highest BCUT2D eigenvalue weighted by Crippen LogP contribution is 2.21. The lowest BCUT2D eigenvalue weighted by Gasteiger charge is -2.19. The van der Waals surface area contributed by atoms with Crippen LogP contribution in [0.5, 0.6) is 0 Å². The summed E-state index contributed by atoms with van der Waals surface area (Å²) in [4.78, 5) is 23.7. The maximum Gasteiger partial charge on any atom is 0.325 e. The quantitative estimate of drug-likeness (QED) is 0.815. The molecule has 0 aliphatic rings. The second-order valence-corrected chi connectivity index (χ2v) is 6.12. The van der Waals surface area contributed by atoms with Gasteiger partial charge in [0.25, 0.3) is 0 Å². The number of methoxy groups -OCH3 is 1. The van der Waals surface area contributed by atoms with E-state index in [1.807, 2.05) is 51.1 Å². The van der Waals surface area contributed by atoms with Crippen molar-refractivity contribution in [1.82, 2.24) is 4.57 Å². The third kappa shape index (κ3) is 3.87. The minimum absolute atomic E-state index is 0.0716. The van der Waals surface area contributed by atoms with Crippen molar-refractivity contribution in [3.05, 3.63) is 36.0 Å². The van der Waals surface area contributed by atoms with Gasteiger partial charge in [-0.2, -0.15) is 0 Å². The number of carbonyl (C=O) groups excluding carboxylic acids is 2. The largest absolute Gasteiger partial charge is 0.468 e. The van der Waals surface area contributed by atoms with E-state index in [1.165, 1.54) is 7.11 Å². The van der Waals surface area contributed by atoms with Gasteiger partial charge >= 0.3 is 11.9 Å². The van der Waals surface area contributed by atoms with Crippen LogP contribution >= 0.6 is 0 Å². The molecule has 0 atom stereocenters. The fourth-order valence-electron chi connectivity index (χ4n) is 2.32. The van der Waals surface area contributed by atoms with Crippen LogP contribution in [0.3, 0.4) is 0 Å². The van der Waals surface area contributed by atoms with Gasteiger partial charge in [-0.1, -0.05) is 18.2 Å². The average molecular weight is 303 g/mol. The monoisotopic (exact) mass is 303 g/mol. The lowest BCUT2D eigenvalue weighted by molar-refractivity contribution is -0.154. The molecule has 0 aliphatic carbocycles. The van der Waals surface area contributed by atoms with Crippen molar-refractivity contribution in [2.45, 2.75) is 39.3 Å². The molecule has 0 spiro atoms. The minimum atomic E-state index is -0.531. The molecule has 0 saturated heterocycles. The summed E-state index contributed by atoms with van der Waals surface area (Å²) in [5.41, 5.74) is 1.10. The fraction of sp³-hybridized carbons (Fsp3) is 0.412. The van der Waals surface area contributed by atoms with E-state index in [0.29, 0.717) is 0 Å². The first-order valence-corrected chi connectivity index (χ1v) is 7.16. The Morgan fingerprint density at radius 3 is 2.45 bits per heavy atom. The van der Waals surface area contributed by atoms with Crippen molar-refractivity contribution < 1.29 is 19.1 Å². The van der Waals surface area contributed by atoms with Crippen LogP contribution in [0.15, 0.2) is 30.3 Å². The first-order valence-electron chi connectivity index (χ1n) is 7.16. The number of esters is 2. The lowest BCUT2D eigenvalue weighted by Crippen LogP contribution is -2.26. The summed E-state index contributed by atoms with van der Waals surface area (Å²) in [6, 6.07) is 9.58. The van der Waals surface area contributed by atoms with E-state index in [-0.39, 0.29) is 24.9 Å². The number of rotatable bonds is 4. The van der Waals surface area contributed by atoms with Crippen LogP contribution in [0.4, 0.5) is 0 Å². The normalized spacial score (nSPS) is 11.5. The number of hydrogen-bond acceptors (Lipinski definition) is 4. The molecule has 0 N–H and O–H groups in total. The van der Waals surface area contributed by atoms with Crippen molar-refractivity contribution in [3.63, 3.8) is 0 Å². The Labute approximate surface area is 129 Å². The number of benzene rings is 1. The van der Waals surface area contributed by atoms with Gasteiger partial charge in [0, 0.05) is 11.2 Å². The smallest absolute Gasteiger partial charge is 0.325 e. The molecule has 0 bridgehead atoms. The molecule has 5 nitrogen and oxygen atoms in total. The SMILES string of the molecule is COC(=O)Cn1c(CC(=O)OC(C)(C)C)cc2ccccc21. The van der Waals surface area contributed by atoms with Gasteiger partial charge in [-0.25, -0.2) is 0 Å². The second-order valence-electron chi connectivity index (χ2n) is 6.12. The molecule has 0 saturated carbocycles. The summed E-state index contributed by atoms with van der Waals surface area (Å²) in [6.07, 6.45) is 0.114. The molecule has 0 aliphatic heterocycles.